The standard InChI is InChI=1S/C15H22INO7/c1-8(18)22-12-10(16)7-21-11(13(12)23-9(2)19)6-17-14(20)24-15(3,4)5/h7,11-13H,6H2,1-5H3,(H,17,20). The van der Waals surface area contributed by atoms with Crippen LogP contribution >= 0.6 is 22.6 Å². The van der Waals surface area contributed by atoms with Crippen molar-refractivity contribution < 1.29 is 33.3 Å². The minimum atomic E-state index is -0.877. The zero-order chi connectivity index (χ0) is 18.5. The lowest BCUT2D eigenvalue weighted by Crippen LogP contribution is -2.51. The minimum Gasteiger partial charge on any atom is -0.491 e. The molecule has 3 unspecified atom stereocenters. The van der Waals surface area contributed by atoms with Crippen molar-refractivity contribution in [1.82, 2.24) is 5.32 Å². The van der Waals surface area contributed by atoms with Crippen LogP contribution in [0, 0.1) is 0 Å². The van der Waals surface area contributed by atoms with E-state index < -0.39 is 41.9 Å². The van der Waals surface area contributed by atoms with E-state index in [1.54, 1.807) is 20.8 Å². The number of carbonyl (C=O) groups excluding carboxylic acids is 3. The van der Waals surface area contributed by atoms with E-state index in [9.17, 15) is 14.4 Å². The van der Waals surface area contributed by atoms with Crippen LogP contribution in [0.15, 0.2) is 9.84 Å². The van der Waals surface area contributed by atoms with E-state index in [4.69, 9.17) is 18.9 Å². The number of hydrogen-bond acceptors (Lipinski definition) is 7. The van der Waals surface area contributed by atoms with Crippen LogP contribution in [0.3, 0.4) is 0 Å². The van der Waals surface area contributed by atoms with Gasteiger partial charge in [0.15, 0.2) is 18.3 Å². The first kappa shape index (κ1) is 20.5. The summed E-state index contributed by atoms with van der Waals surface area (Å²) in [6.45, 7) is 7.76. The molecule has 0 fully saturated rings. The van der Waals surface area contributed by atoms with Crippen LogP contribution in [0.1, 0.15) is 34.6 Å². The molecule has 1 aliphatic heterocycles. The third-order valence-corrected chi connectivity index (χ3v) is 3.60. The third-order valence-electron chi connectivity index (χ3n) is 2.73. The van der Waals surface area contributed by atoms with Gasteiger partial charge in [0.05, 0.1) is 16.4 Å². The molecule has 0 aromatic rings. The smallest absolute Gasteiger partial charge is 0.407 e. The predicted molar refractivity (Wildman–Crippen MR) is 92.3 cm³/mol. The summed E-state index contributed by atoms with van der Waals surface area (Å²) in [5.74, 6) is -1.06. The third kappa shape index (κ3) is 6.93. The van der Waals surface area contributed by atoms with Gasteiger partial charge >= 0.3 is 18.0 Å². The van der Waals surface area contributed by atoms with E-state index in [0.717, 1.165) is 0 Å². The Bertz CT molecular complexity index is 526. The zero-order valence-electron chi connectivity index (χ0n) is 14.3. The summed E-state index contributed by atoms with van der Waals surface area (Å²) in [4.78, 5) is 34.4. The predicted octanol–water partition coefficient (Wildman–Crippen LogP) is 2.05. The van der Waals surface area contributed by atoms with E-state index in [1.807, 2.05) is 22.6 Å². The Labute approximate surface area is 154 Å². The fourth-order valence-corrected chi connectivity index (χ4v) is 2.57. The summed E-state index contributed by atoms with van der Waals surface area (Å²) < 4.78 is 21.7. The number of rotatable bonds is 4. The van der Waals surface area contributed by atoms with Gasteiger partial charge in [-0.05, 0) is 43.4 Å². The van der Waals surface area contributed by atoms with Crippen LogP contribution < -0.4 is 5.32 Å². The fourth-order valence-electron chi connectivity index (χ4n) is 1.94. The summed E-state index contributed by atoms with van der Waals surface area (Å²) in [6, 6.07) is 0. The van der Waals surface area contributed by atoms with Gasteiger partial charge in [-0.25, -0.2) is 4.79 Å². The highest BCUT2D eigenvalue weighted by atomic mass is 127. The number of halogens is 1. The molecule has 0 bridgehead atoms. The largest absolute Gasteiger partial charge is 0.491 e. The molecule has 1 aliphatic rings. The number of amides is 1. The van der Waals surface area contributed by atoms with Crippen molar-refractivity contribution in [3.63, 3.8) is 0 Å². The number of ether oxygens (including phenoxy) is 4. The van der Waals surface area contributed by atoms with Gasteiger partial charge < -0.3 is 24.3 Å². The van der Waals surface area contributed by atoms with Crippen molar-refractivity contribution in [2.45, 2.75) is 58.5 Å². The molecule has 9 heteroatoms. The van der Waals surface area contributed by atoms with E-state index in [2.05, 4.69) is 5.32 Å². The second-order valence-electron chi connectivity index (χ2n) is 6.16. The summed E-state index contributed by atoms with van der Waals surface area (Å²) in [6.07, 6.45) is -1.59. The highest BCUT2D eigenvalue weighted by molar-refractivity contribution is 14.1. The lowest BCUT2D eigenvalue weighted by Gasteiger charge is -2.35. The van der Waals surface area contributed by atoms with Crippen LogP contribution in [-0.4, -0.2) is 48.5 Å². The van der Waals surface area contributed by atoms with Crippen molar-refractivity contribution >= 4 is 40.6 Å². The first-order chi connectivity index (χ1) is 11.0. The summed E-state index contributed by atoms with van der Waals surface area (Å²) in [5.41, 5.74) is -0.637. The average Bonchev–Trinajstić information content (AvgIpc) is 2.39. The first-order valence-corrected chi connectivity index (χ1v) is 8.40. The van der Waals surface area contributed by atoms with Gasteiger partial charge in [-0.3, -0.25) is 9.59 Å². The topological polar surface area (TPSA) is 100 Å². The molecule has 1 heterocycles. The van der Waals surface area contributed by atoms with Crippen LogP contribution in [0.4, 0.5) is 4.79 Å². The quantitative estimate of drug-likeness (QED) is 0.394. The molecule has 0 aromatic heterocycles. The number of nitrogens with one attached hydrogen (secondary N) is 1. The van der Waals surface area contributed by atoms with Crippen molar-refractivity contribution in [2.75, 3.05) is 6.54 Å². The maximum Gasteiger partial charge on any atom is 0.407 e. The van der Waals surface area contributed by atoms with Gasteiger partial charge in [0.25, 0.3) is 0 Å². The van der Waals surface area contributed by atoms with Crippen LogP contribution in [0.2, 0.25) is 0 Å². The lowest BCUT2D eigenvalue weighted by molar-refractivity contribution is -0.173. The Morgan fingerprint density at radius 1 is 1.21 bits per heavy atom. The fraction of sp³-hybridized carbons (Fsp3) is 0.667. The molecule has 0 spiro atoms. The van der Waals surface area contributed by atoms with Crippen LogP contribution in [0.25, 0.3) is 0 Å². The molecule has 0 radical (unpaired) electrons. The number of esters is 2. The molecule has 1 N–H and O–H groups in total. The number of alkyl carbamates (subject to hydrolysis) is 1. The maximum absolute atomic E-state index is 11.8. The first-order valence-electron chi connectivity index (χ1n) is 7.32. The van der Waals surface area contributed by atoms with Crippen molar-refractivity contribution in [3.8, 4) is 0 Å². The van der Waals surface area contributed by atoms with Gasteiger partial charge in [0.2, 0.25) is 0 Å². The van der Waals surface area contributed by atoms with E-state index in [0.29, 0.717) is 3.58 Å². The second-order valence-corrected chi connectivity index (χ2v) is 7.41. The zero-order valence-corrected chi connectivity index (χ0v) is 16.4. The van der Waals surface area contributed by atoms with E-state index in [-0.39, 0.29) is 6.54 Å². The van der Waals surface area contributed by atoms with E-state index >= 15 is 0 Å². The second kappa shape index (κ2) is 8.54. The van der Waals surface area contributed by atoms with Crippen molar-refractivity contribution in [3.05, 3.63) is 9.84 Å². The maximum atomic E-state index is 11.8. The summed E-state index contributed by atoms with van der Waals surface area (Å²) in [5, 5.41) is 2.55. The highest BCUT2D eigenvalue weighted by Gasteiger charge is 2.41. The molecule has 0 aromatic carbocycles. The summed E-state index contributed by atoms with van der Waals surface area (Å²) >= 11 is 1.94. The molecule has 0 aliphatic carbocycles. The van der Waals surface area contributed by atoms with E-state index in [1.165, 1.54) is 20.1 Å². The molecule has 136 valence electrons. The Morgan fingerprint density at radius 3 is 2.29 bits per heavy atom. The minimum absolute atomic E-state index is 0.0189. The number of carbonyl (C=O) groups is 3. The summed E-state index contributed by atoms with van der Waals surface area (Å²) in [7, 11) is 0. The molecule has 3 atom stereocenters. The molecule has 1 amide bonds. The van der Waals surface area contributed by atoms with Crippen LogP contribution in [0.5, 0.6) is 0 Å². The van der Waals surface area contributed by atoms with Crippen LogP contribution in [-0.2, 0) is 28.5 Å². The number of hydrogen-bond donors (Lipinski definition) is 1. The molecule has 0 saturated carbocycles. The Kier molecular flexibility index (Phi) is 7.30. The Morgan fingerprint density at radius 2 is 1.79 bits per heavy atom. The normalized spacial score (nSPS) is 23.4. The Balaban J connectivity index is 2.81. The molecule has 1 rings (SSSR count). The highest BCUT2D eigenvalue weighted by Crippen LogP contribution is 2.29. The van der Waals surface area contributed by atoms with Gasteiger partial charge in [-0.2, -0.15) is 0 Å². The van der Waals surface area contributed by atoms with Gasteiger partial charge in [0, 0.05) is 13.8 Å². The van der Waals surface area contributed by atoms with Gasteiger partial charge in [-0.1, -0.05) is 0 Å². The monoisotopic (exact) mass is 455 g/mol. The molecular formula is C15H22INO7. The van der Waals surface area contributed by atoms with Gasteiger partial charge in [-0.15, -0.1) is 0 Å². The Hall–Kier alpha value is -1.52. The van der Waals surface area contributed by atoms with Crippen molar-refractivity contribution in [2.24, 2.45) is 0 Å². The molecule has 8 nitrogen and oxygen atoms in total. The lowest BCUT2D eigenvalue weighted by atomic mass is 10.1. The van der Waals surface area contributed by atoms with Gasteiger partial charge in [0.1, 0.15) is 5.60 Å². The molecular weight excluding hydrogens is 433 g/mol. The molecule has 24 heavy (non-hydrogen) atoms. The van der Waals surface area contributed by atoms with Crippen molar-refractivity contribution in [1.29, 1.82) is 0 Å². The SMILES string of the molecule is CC(=O)OC1C(I)=COC(CNC(=O)OC(C)(C)C)C1OC(C)=O. The average molecular weight is 455 g/mol. The molecule has 0 saturated heterocycles.